The largest absolute Gasteiger partial charge is 0.491 e. The van der Waals surface area contributed by atoms with Gasteiger partial charge in [0.25, 0.3) is 11.8 Å². The summed E-state index contributed by atoms with van der Waals surface area (Å²) in [6, 6.07) is 7.71. The highest BCUT2D eigenvalue weighted by Gasteiger charge is 2.45. The van der Waals surface area contributed by atoms with E-state index in [9.17, 15) is 9.59 Å². The third kappa shape index (κ3) is 4.65. The second kappa shape index (κ2) is 9.46. The van der Waals surface area contributed by atoms with Gasteiger partial charge in [-0.2, -0.15) is 0 Å². The molecule has 3 aliphatic rings. The van der Waals surface area contributed by atoms with Crippen molar-refractivity contribution in [3.05, 3.63) is 35.5 Å². The Balaban J connectivity index is 1.70. The second-order valence-electron chi connectivity index (χ2n) is 9.73. The highest BCUT2D eigenvalue weighted by atomic mass is 16.5. The van der Waals surface area contributed by atoms with Crippen molar-refractivity contribution in [3.8, 4) is 5.75 Å². The number of nitrogens with zero attached hydrogens (tertiary/aromatic N) is 2. The Labute approximate surface area is 186 Å². The number of carbonyl (C=O) groups excluding carboxylic acids is 2. The predicted molar refractivity (Wildman–Crippen MR) is 122 cm³/mol. The number of benzene rings is 1. The van der Waals surface area contributed by atoms with Gasteiger partial charge in [0.15, 0.2) is 0 Å². The minimum atomic E-state index is -0.109. The first-order valence-corrected chi connectivity index (χ1v) is 12.1. The molecule has 1 aliphatic carbocycles. The Bertz CT molecular complexity index is 835. The van der Waals surface area contributed by atoms with Crippen molar-refractivity contribution in [2.75, 3.05) is 13.1 Å². The number of rotatable bonds is 5. The molecule has 0 bridgehead atoms. The quantitative estimate of drug-likeness (QED) is 0.493. The van der Waals surface area contributed by atoms with E-state index < -0.39 is 0 Å². The molecular formula is C26H36N2O3. The molecule has 31 heavy (non-hydrogen) atoms. The Morgan fingerprint density at radius 1 is 0.903 bits per heavy atom. The monoisotopic (exact) mass is 424 g/mol. The first-order chi connectivity index (χ1) is 15.0. The van der Waals surface area contributed by atoms with Crippen LogP contribution in [0, 0.1) is 5.92 Å². The summed E-state index contributed by atoms with van der Waals surface area (Å²) in [5.41, 5.74) is 2.02. The van der Waals surface area contributed by atoms with Gasteiger partial charge in [-0.3, -0.25) is 14.5 Å². The maximum absolute atomic E-state index is 13.7. The van der Waals surface area contributed by atoms with Crippen LogP contribution in [-0.4, -0.2) is 46.8 Å². The fraction of sp³-hybridized carbons (Fsp3) is 0.615. The fourth-order valence-electron chi connectivity index (χ4n) is 5.30. The van der Waals surface area contributed by atoms with Crippen molar-refractivity contribution >= 4 is 17.4 Å². The van der Waals surface area contributed by atoms with Crippen LogP contribution < -0.4 is 4.74 Å². The van der Waals surface area contributed by atoms with Crippen molar-refractivity contribution in [2.24, 2.45) is 5.92 Å². The summed E-state index contributed by atoms with van der Waals surface area (Å²) in [7, 11) is 0. The molecule has 1 unspecified atom stereocenters. The van der Waals surface area contributed by atoms with Crippen LogP contribution in [0.1, 0.15) is 77.7 Å². The normalized spacial score (nSPS) is 23.7. The second-order valence-corrected chi connectivity index (χ2v) is 9.73. The van der Waals surface area contributed by atoms with Gasteiger partial charge in [0.2, 0.25) is 0 Å². The summed E-state index contributed by atoms with van der Waals surface area (Å²) in [6.07, 6.45) is 8.75. The predicted octanol–water partition coefficient (Wildman–Crippen LogP) is 5.01. The molecule has 5 heteroatoms. The van der Waals surface area contributed by atoms with Gasteiger partial charge in [0, 0.05) is 19.1 Å². The van der Waals surface area contributed by atoms with Crippen molar-refractivity contribution in [2.45, 2.75) is 84.3 Å². The van der Waals surface area contributed by atoms with E-state index in [-0.39, 0.29) is 24.0 Å². The summed E-state index contributed by atoms with van der Waals surface area (Å²) in [5, 5.41) is 0. The molecule has 2 amide bonds. The average Bonchev–Trinajstić information content (AvgIpc) is 2.90. The maximum Gasteiger partial charge on any atom is 0.278 e. The lowest BCUT2D eigenvalue weighted by molar-refractivity contribution is -0.140. The summed E-state index contributed by atoms with van der Waals surface area (Å²) in [4.78, 5) is 31.2. The summed E-state index contributed by atoms with van der Waals surface area (Å²) >= 11 is 0. The molecule has 1 aromatic carbocycles. The van der Waals surface area contributed by atoms with E-state index in [4.69, 9.17) is 4.74 Å². The summed E-state index contributed by atoms with van der Waals surface area (Å²) < 4.78 is 5.78. The first kappa shape index (κ1) is 21.9. The molecule has 168 valence electrons. The lowest BCUT2D eigenvalue weighted by Gasteiger charge is -2.34. The van der Waals surface area contributed by atoms with Gasteiger partial charge in [0.05, 0.1) is 11.7 Å². The maximum atomic E-state index is 13.7. The zero-order chi connectivity index (χ0) is 22.0. The molecule has 0 N–H and O–H groups in total. The van der Waals surface area contributed by atoms with Gasteiger partial charge >= 0.3 is 0 Å². The lowest BCUT2D eigenvalue weighted by Crippen LogP contribution is -2.43. The van der Waals surface area contributed by atoms with E-state index in [1.54, 1.807) is 4.90 Å². The van der Waals surface area contributed by atoms with E-state index in [0.29, 0.717) is 17.2 Å². The van der Waals surface area contributed by atoms with Gasteiger partial charge in [-0.15, -0.1) is 0 Å². The van der Waals surface area contributed by atoms with E-state index in [1.807, 2.05) is 38.1 Å². The van der Waals surface area contributed by atoms with Crippen molar-refractivity contribution in [1.82, 2.24) is 9.80 Å². The van der Waals surface area contributed by atoms with Crippen molar-refractivity contribution in [1.29, 1.82) is 0 Å². The van der Waals surface area contributed by atoms with Gasteiger partial charge in [-0.05, 0) is 63.1 Å². The SMILES string of the molecule is CC1CCCN(C2=C(c3ccc(OC(C)C)cc3)C(=O)N(C3CCCCCC3)C2=O)C1. The average molecular weight is 425 g/mol. The number of ether oxygens (including phenoxy) is 1. The molecular weight excluding hydrogens is 388 g/mol. The molecule has 0 spiro atoms. The number of amides is 2. The first-order valence-electron chi connectivity index (χ1n) is 12.1. The molecule has 2 heterocycles. The van der Waals surface area contributed by atoms with Gasteiger partial charge < -0.3 is 9.64 Å². The summed E-state index contributed by atoms with van der Waals surface area (Å²) in [6.45, 7) is 7.90. The molecule has 1 saturated carbocycles. The number of likely N-dealkylation sites (tertiary alicyclic amines) is 1. The van der Waals surface area contributed by atoms with E-state index >= 15 is 0 Å². The Morgan fingerprint density at radius 2 is 1.58 bits per heavy atom. The molecule has 5 nitrogen and oxygen atoms in total. The number of imide groups is 1. The van der Waals surface area contributed by atoms with E-state index in [2.05, 4.69) is 11.8 Å². The van der Waals surface area contributed by atoms with Crippen LogP contribution in [0.25, 0.3) is 5.57 Å². The minimum Gasteiger partial charge on any atom is -0.491 e. The van der Waals surface area contributed by atoms with Gasteiger partial charge in [-0.25, -0.2) is 0 Å². The molecule has 1 aromatic rings. The molecule has 0 radical (unpaired) electrons. The Morgan fingerprint density at radius 3 is 2.19 bits per heavy atom. The minimum absolute atomic E-state index is 0.0285. The third-order valence-corrected chi connectivity index (χ3v) is 6.77. The van der Waals surface area contributed by atoms with E-state index in [1.165, 1.54) is 19.3 Å². The number of hydrogen-bond acceptors (Lipinski definition) is 4. The molecule has 1 atom stereocenters. The number of carbonyl (C=O) groups is 2. The van der Waals surface area contributed by atoms with Crippen LogP contribution in [0.2, 0.25) is 0 Å². The van der Waals surface area contributed by atoms with Crippen LogP contribution in [0.5, 0.6) is 5.75 Å². The van der Waals surface area contributed by atoms with E-state index in [0.717, 1.165) is 56.5 Å². The number of piperidine rings is 1. The van der Waals surface area contributed by atoms with Crippen LogP contribution >= 0.6 is 0 Å². The topological polar surface area (TPSA) is 49.9 Å². The van der Waals surface area contributed by atoms with Gasteiger partial charge in [-0.1, -0.05) is 44.7 Å². The van der Waals surface area contributed by atoms with Crippen LogP contribution in [0.15, 0.2) is 30.0 Å². The standard InChI is InChI=1S/C26H36N2O3/c1-18(2)31-22-14-12-20(13-15-22)23-24(27-16-8-9-19(3)17-27)26(30)28(25(23)29)21-10-6-4-5-7-11-21/h12-15,18-19,21H,4-11,16-17H2,1-3H3. The number of hydrogen-bond donors (Lipinski definition) is 0. The fourth-order valence-corrected chi connectivity index (χ4v) is 5.30. The zero-order valence-corrected chi connectivity index (χ0v) is 19.2. The molecule has 4 rings (SSSR count). The van der Waals surface area contributed by atoms with Crippen LogP contribution in [0.3, 0.4) is 0 Å². The Kier molecular flexibility index (Phi) is 6.68. The Hall–Kier alpha value is -2.30. The van der Waals surface area contributed by atoms with Crippen molar-refractivity contribution < 1.29 is 14.3 Å². The smallest absolute Gasteiger partial charge is 0.278 e. The highest BCUT2D eigenvalue weighted by molar-refractivity contribution is 6.35. The zero-order valence-electron chi connectivity index (χ0n) is 19.2. The molecule has 0 aromatic heterocycles. The van der Waals surface area contributed by atoms with Gasteiger partial charge in [0.1, 0.15) is 11.4 Å². The summed E-state index contributed by atoms with van der Waals surface area (Å²) in [5.74, 6) is 1.12. The van der Waals surface area contributed by atoms with Crippen LogP contribution in [-0.2, 0) is 9.59 Å². The molecule has 1 saturated heterocycles. The third-order valence-electron chi connectivity index (χ3n) is 6.77. The lowest BCUT2D eigenvalue weighted by atomic mass is 9.97. The molecule has 2 aliphatic heterocycles. The molecule has 2 fully saturated rings. The van der Waals surface area contributed by atoms with Crippen molar-refractivity contribution in [3.63, 3.8) is 0 Å². The van der Waals surface area contributed by atoms with Crippen LogP contribution in [0.4, 0.5) is 0 Å². The highest BCUT2D eigenvalue weighted by Crippen LogP contribution is 2.37.